The monoisotopic (exact) mass is 551 g/mol. The molecule has 0 radical (unpaired) electrons. The van der Waals surface area contributed by atoms with Crippen molar-refractivity contribution in [2.45, 2.75) is 58.0 Å². The molecule has 1 fully saturated rings. The van der Waals surface area contributed by atoms with Crippen LogP contribution in [0.4, 0.5) is 17.6 Å². The lowest BCUT2D eigenvalue weighted by Crippen LogP contribution is -2.34. The van der Waals surface area contributed by atoms with Gasteiger partial charge >= 0.3 is 6.18 Å². The number of aromatic amines is 1. The van der Waals surface area contributed by atoms with Crippen molar-refractivity contribution in [1.82, 2.24) is 15.3 Å². The van der Waals surface area contributed by atoms with Gasteiger partial charge in [0.15, 0.2) is 0 Å². The molecule has 1 aliphatic carbocycles. The average molecular weight is 552 g/mol. The summed E-state index contributed by atoms with van der Waals surface area (Å²) in [5.74, 6) is -2.33. The number of hydrogen-bond donors (Lipinski definition) is 2. The van der Waals surface area contributed by atoms with E-state index >= 15 is 4.39 Å². The summed E-state index contributed by atoms with van der Waals surface area (Å²) >= 11 is 5.89. The topological polar surface area (TPSA) is 84.1 Å². The zero-order valence-corrected chi connectivity index (χ0v) is 21.3. The number of ether oxygens (including phenoxy) is 1. The van der Waals surface area contributed by atoms with Crippen LogP contribution in [0.2, 0.25) is 5.02 Å². The SMILES string of the molecule is Cc1cc(=O)[nH]c(-c2c(C(F)(F)F)ccc(CNC(=O)[C@H]3CC[C@H](OCc4ccc(Cl)cc4)CC3)c2F)n1. The molecule has 6 nitrogen and oxygen atoms in total. The Hall–Kier alpha value is -3.24. The molecule has 0 atom stereocenters. The van der Waals surface area contributed by atoms with Crippen molar-refractivity contribution in [3.63, 3.8) is 0 Å². The number of carbonyl (C=O) groups excluding carboxylic acids is 1. The van der Waals surface area contributed by atoms with E-state index in [9.17, 15) is 22.8 Å². The lowest BCUT2D eigenvalue weighted by Gasteiger charge is -2.28. The normalized spacial score (nSPS) is 17.8. The third-order valence-electron chi connectivity index (χ3n) is 6.53. The maximum Gasteiger partial charge on any atom is 0.417 e. The van der Waals surface area contributed by atoms with E-state index in [1.807, 2.05) is 12.1 Å². The van der Waals surface area contributed by atoms with E-state index in [2.05, 4.69) is 15.3 Å². The first-order valence-corrected chi connectivity index (χ1v) is 12.5. The van der Waals surface area contributed by atoms with Crippen LogP contribution in [0, 0.1) is 18.7 Å². The molecule has 1 aromatic heterocycles. The van der Waals surface area contributed by atoms with Crippen LogP contribution < -0.4 is 10.9 Å². The summed E-state index contributed by atoms with van der Waals surface area (Å²) < 4.78 is 62.2. The highest BCUT2D eigenvalue weighted by atomic mass is 35.5. The van der Waals surface area contributed by atoms with E-state index in [0.717, 1.165) is 23.8 Å². The van der Waals surface area contributed by atoms with E-state index in [1.54, 1.807) is 12.1 Å². The van der Waals surface area contributed by atoms with Gasteiger partial charge < -0.3 is 15.0 Å². The predicted octanol–water partition coefficient (Wildman–Crippen LogP) is 5.95. The van der Waals surface area contributed by atoms with Crippen molar-refractivity contribution in [3.05, 3.63) is 86.0 Å². The van der Waals surface area contributed by atoms with E-state index < -0.39 is 34.5 Å². The Morgan fingerprint density at radius 3 is 2.45 bits per heavy atom. The van der Waals surface area contributed by atoms with Crippen molar-refractivity contribution in [3.8, 4) is 11.4 Å². The molecule has 1 heterocycles. The first-order valence-electron chi connectivity index (χ1n) is 12.1. The fourth-order valence-electron chi connectivity index (χ4n) is 4.53. The van der Waals surface area contributed by atoms with E-state index in [4.69, 9.17) is 16.3 Å². The molecule has 0 saturated heterocycles. The first kappa shape index (κ1) is 27.8. The second-order valence-electron chi connectivity index (χ2n) is 9.32. The van der Waals surface area contributed by atoms with Gasteiger partial charge in [-0.1, -0.05) is 29.8 Å². The third-order valence-corrected chi connectivity index (χ3v) is 6.78. The Bertz CT molecular complexity index is 1350. The molecule has 1 saturated carbocycles. The van der Waals surface area contributed by atoms with E-state index in [-0.39, 0.29) is 35.7 Å². The highest BCUT2D eigenvalue weighted by molar-refractivity contribution is 6.30. The van der Waals surface area contributed by atoms with Gasteiger partial charge in [-0.2, -0.15) is 13.2 Å². The van der Waals surface area contributed by atoms with Crippen molar-refractivity contribution in [1.29, 1.82) is 0 Å². The van der Waals surface area contributed by atoms with Gasteiger partial charge in [0.05, 0.1) is 23.8 Å². The number of nitrogens with one attached hydrogen (secondary N) is 2. The molecular weight excluding hydrogens is 526 g/mol. The van der Waals surface area contributed by atoms with Crippen molar-refractivity contribution < 1.29 is 27.1 Å². The molecule has 11 heteroatoms. The first-order chi connectivity index (χ1) is 18.0. The molecule has 1 aliphatic rings. The van der Waals surface area contributed by atoms with Crippen molar-refractivity contribution >= 4 is 17.5 Å². The number of nitrogens with zero attached hydrogens (tertiary/aromatic N) is 1. The molecule has 2 aromatic carbocycles. The van der Waals surface area contributed by atoms with Crippen LogP contribution >= 0.6 is 11.6 Å². The molecule has 0 unspecified atom stereocenters. The summed E-state index contributed by atoms with van der Waals surface area (Å²) in [5.41, 5.74) is -1.84. The molecule has 3 aromatic rings. The van der Waals surface area contributed by atoms with E-state index in [0.29, 0.717) is 37.3 Å². The maximum absolute atomic E-state index is 15.4. The molecule has 202 valence electrons. The fourth-order valence-corrected chi connectivity index (χ4v) is 4.66. The number of benzene rings is 2. The minimum Gasteiger partial charge on any atom is -0.374 e. The number of H-pyrrole nitrogens is 1. The zero-order valence-electron chi connectivity index (χ0n) is 20.5. The molecular formula is C27H26ClF4N3O3. The Labute approximate surface area is 221 Å². The number of hydrogen-bond acceptors (Lipinski definition) is 4. The van der Waals surface area contributed by atoms with Crippen LogP contribution in [0.25, 0.3) is 11.4 Å². The minimum absolute atomic E-state index is 0.00799. The summed E-state index contributed by atoms with van der Waals surface area (Å²) in [5, 5.41) is 3.29. The van der Waals surface area contributed by atoms with Gasteiger partial charge in [-0.15, -0.1) is 0 Å². The molecule has 0 spiro atoms. The number of aryl methyl sites for hydroxylation is 1. The molecule has 38 heavy (non-hydrogen) atoms. The van der Waals surface area contributed by atoms with Gasteiger partial charge in [0, 0.05) is 34.8 Å². The summed E-state index contributed by atoms with van der Waals surface area (Å²) in [4.78, 5) is 30.6. The second-order valence-corrected chi connectivity index (χ2v) is 9.76. The summed E-state index contributed by atoms with van der Waals surface area (Å²) in [7, 11) is 0. The molecule has 2 N–H and O–H groups in total. The predicted molar refractivity (Wildman–Crippen MR) is 134 cm³/mol. The number of aromatic nitrogens is 2. The Kier molecular flexibility index (Phi) is 8.52. The van der Waals surface area contributed by atoms with Gasteiger partial charge in [0.2, 0.25) is 5.91 Å². The molecule has 0 bridgehead atoms. The van der Waals surface area contributed by atoms with Gasteiger partial charge in [0.1, 0.15) is 11.6 Å². The lowest BCUT2D eigenvalue weighted by molar-refractivity contribution is -0.137. The summed E-state index contributed by atoms with van der Waals surface area (Å²) in [6, 6.07) is 10.2. The van der Waals surface area contributed by atoms with Crippen LogP contribution in [-0.4, -0.2) is 22.0 Å². The average Bonchev–Trinajstić information content (AvgIpc) is 2.86. The standard InChI is InChI=1S/C27H26ClF4N3O3/c1-15-12-22(36)35-25(34-15)23-21(27(30,31)32)11-6-18(24(23)29)13-33-26(37)17-4-9-20(10-5-17)38-14-16-2-7-19(28)8-3-16/h2-3,6-8,11-12,17,20H,4-5,9-10,13-14H2,1H3,(H,33,37)(H,34,35,36)/t17-,20-. The van der Waals surface area contributed by atoms with Gasteiger partial charge in [-0.3, -0.25) is 9.59 Å². The molecule has 0 aliphatic heterocycles. The van der Waals surface area contributed by atoms with Crippen LogP contribution in [0.5, 0.6) is 0 Å². The number of amides is 1. The van der Waals surface area contributed by atoms with Crippen LogP contribution in [-0.2, 0) is 28.9 Å². The highest BCUT2D eigenvalue weighted by Crippen LogP contribution is 2.38. The minimum atomic E-state index is -4.88. The van der Waals surface area contributed by atoms with Gasteiger partial charge in [-0.05, 0) is 56.4 Å². The molecule has 1 amide bonds. The van der Waals surface area contributed by atoms with Gasteiger partial charge in [0.25, 0.3) is 5.56 Å². The van der Waals surface area contributed by atoms with Crippen LogP contribution in [0.1, 0.15) is 48.1 Å². The van der Waals surface area contributed by atoms with Crippen molar-refractivity contribution in [2.24, 2.45) is 5.92 Å². The smallest absolute Gasteiger partial charge is 0.374 e. The number of carbonyl (C=O) groups is 1. The van der Waals surface area contributed by atoms with Crippen LogP contribution in [0.15, 0.2) is 47.3 Å². The number of alkyl halides is 3. The number of rotatable bonds is 7. The Balaban J connectivity index is 1.39. The van der Waals surface area contributed by atoms with Gasteiger partial charge in [-0.25, -0.2) is 9.37 Å². The Morgan fingerprint density at radius 1 is 1.13 bits per heavy atom. The van der Waals surface area contributed by atoms with E-state index in [1.165, 1.54) is 6.92 Å². The van der Waals surface area contributed by atoms with Crippen molar-refractivity contribution in [2.75, 3.05) is 0 Å². The molecule has 4 rings (SSSR count). The van der Waals surface area contributed by atoms with Crippen LogP contribution in [0.3, 0.4) is 0 Å². The third kappa shape index (κ3) is 6.79. The quantitative estimate of drug-likeness (QED) is 0.356. The summed E-state index contributed by atoms with van der Waals surface area (Å²) in [6.45, 7) is 1.56. The highest BCUT2D eigenvalue weighted by Gasteiger charge is 2.37. The summed E-state index contributed by atoms with van der Waals surface area (Å²) in [6.07, 6.45) is -2.37. The number of halogens is 5. The Morgan fingerprint density at radius 2 is 1.82 bits per heavy atom. The zero-order chi connectivity index (χ0) is 27.4. The fraction of sp³-hybridized carbons (Fsp3) is 0.370. The lowest BCUT2D eigenvalue weighted by atomic mass is 9.86. The second kappa shape index (κ2) is 11.7. The largest absolute Gasteiger partial charge is 0.417 e. The maximum atomic E-state index is 15.4.